The topological polar surface area (TPSA) is 79.8 Å². The fourth-order valence-electron chi connectivity index (χ4n) is 2.42. The van der Waals surface area contributed by atoms with Gasteiger partial charge in [-0.1, -0.05) is 19.8 Å². The average Bonchev–Trinajstić information content (AvgIpc) is 2.51. The highest BCUT2D eigenvalue weighted by Gasteiger charge is 2.25. The van der Waals surface area contributed by atoms with Crippen LogP contribution in [0.1, 0.15) is 40.0 Å². The van der Waals surface area contributed by atoms with Gasteiger partial charge in [-0.25, -0.2) is 9.97 Å². The first-order valence-corrected chi connectivity index (χ1v) is 8.11. The molecule has 0 aromatic carbocycles. The number of anilines is 1. The highest BCUT2D eigenvalue weighted by atomic mass is 35.5. The van der Waals surface area contributed by atoms with Gasteiger partial charge in [0, 0.05) is 25.1 Å². The van der Waals surface area contributed by atoms with Crippen molar-refractivity contribution in [3.63, 3.8) is 0 Å². The van der Waals surface area contributed by atoms with Crippen molar-refractivity contribution in [1.82, 2.24) is 20.3 Å². The first-order valence-electron chi connectivity index (χ1n) is 7.73. The molecule has 0 bridgehead atoms. The van der Waals surface area contributed by atoms with Crippen LogP contribution in [0.4, 0.5) is 5.82 Å². The van der Waals surface area contributed by atoms with E-state index in [1.54, 1.807) is 12.4 Å². The molecule has 0 radical (unpaired) electrons. The van der Waals surface area contributed by atoms with Crippen LogP contribution in [0.25, 0.3) is 10.9 Å². The third kappa shape index (κ3) is 4.76. The monoisotopic (exact) mass is 335 g/mol. The van der Waals surface area contributed by atoms with Gasteiger partial charge in [0.15, 0.2) is 0 Å². The molecule has 0 fully saturated rings. The van der Waals surface area contributed by atoms with E-state index in [0.717, 1.165) is 24.6 Å². The molecule has 0 aliphatic carbocycles. The Morgan fingerprint density at radius 1 is 1.39 bits per heavy atom. The van der Waals surface area contributed by atoms with Crippen molar-refractivity contribution in [2.45, 2.75) is 45.6 Å². The fourth-order valence-corrected chi connectivity index (χ4v) is 2.59. The Morgan fingerprint density at radius 3 is 2.87 bits per heavy atom. The van der Waals surface area contributed by atoms with E-state index in [9.17, 15) is 4.79 Å². The van der Waals surface area contributed by atoms with E-state index >= 15 is 0 Å². The number of halogens is 1. The molecule has 2 aromatic heterocycles. The molecule has 2 N–H and O–H groups in total. The highest BCUT2D eigenvalue weighted by Crippen LogP contribution is 2.26. The van der Waals surface area contributed by atoms with Crippen LogP contribution in [0.15, 0.2) is 18.5 Å². The number of aromatic nitrogens is 3. The van der Waals surface area contributed by atoms with Crippen molar-refractivity contribution >= 4 is 34.2 Å². The summed E-state index contributed by atoms with van der Waals surface area (Å²) in [6, 6.07) is 1.85. The summed E-state index contributed by atoms with van der Waals surface area (Å²) in [6.07, 6.45) is 6.37. The van der Waals surface area contributed by atoms with E-state index in [-0.39, 0.29) is 16.7 Å². The highest BCUT2D eigenvalue weighted by molar-refractivity contribution is 6.28. The second kappa shape index (κ2) is 7.55. The number of hydrogen-bond acceptors (Lipinski definition) is 5. The van der Waals surface area contributed by atoms with Crippen molar-refractivity contribution in [3.8, 4) is 0 Å². The lowest BCUT2D eigenvalue weighted by Crippen LogP contribution is -2.46. The van der Waals surface area contributed by atoms with Gasteiger partial charge >= 0.3 is 0 Å². The normalized spacial score (nSPS) is 13.6. The second-order valence-corrected chi connectivity index (χ2v) is 6.27. The third-order valence-corrected chi connectivity index (χ3v) is 3.87. The van der Waals surface area contributed by atoms with Gasteiger partial charge in [-0.05, 0) is 31.0 Å². The number of pyridine rings is 1. The standard InChI is InChI=1S/C16H22ClN5O/c1-4-5-7-16(3,10-19-11(2)23)22-14-12-6-8-18-9-13(12)20-15(17)21-14/h6,8-9H,4-5,7,10H2,1-3H3,(H,19,23)(H,20,21,22)/t16-/m1/s1. The second-order valence-electron chi connectivity index (χ2n) is 5.93. The number of nitrogens with one attached hydrogen (secondary N) is 2. The number of carbonyl (C=O) groups is 1. The average molecular weight is 336 g/mol. The maximum Gasteiger partial charge on any atom is 0.224 e. The number of fused-ring (bicyclic) bond motifs is 1. The smallest absolute Gasteiger partial charge is 0.224 e. The van der Waals surface area contributed by atoms with Crippen LogP contribution < -0.4 is 10.6 Å². The Hall–Kier alpha value is -1.95. The molecule has 23 heavy (non-hydrogen) atoms. The first kappa shape index (κ1) is 17.4. The van der Waals surface area contributed by atoms with E-state index in [0.29, 0.717) is 17.9 Å². The van der Waals surface area contributed by atoms with Crippen molar-refractivity contribution in [2.75, 3.05) is 11.9 Å². The molecule has 0 unspecified atom stereocenters. The van der Waals surface area contributed by atoms with Crippen LogP contribution >= 0.6 is 11.6 Å². The van der Waals surface area contributed by atoms with Gasteiger partial charge < -0.3 is 10.6 Å². The van der Waals surface area contributed by atoms with Crippen LogP contribution in [0.2, 0.25) is 5.28 Å². The molecule has 7 heteroatoms. The summed E-state index contributed by atoms with van der Waals surface area (Å²) >= 11 is 6.02. The first-order chi connectivity index (χ1) is 10.9. The quantitative estimate of drug-likeness (QED) is 0.760. The van der Waals surface area contributed by atoms with Crippen molar-refractivity contribution in [2.24, 2.45) is 0 Å². The van der Waals surface area contributed by atoms with E-state index in [1.165, 1.54) is 6.92 Å². The molecular formula is C16H22ClN5O. The van der Waals surface area contributed by atoms with Crippen LogP contribution in [-0.4, -0.2) is 32.9 Å². The number of unbranched alkanes of at least 4 members (excludes halogenated alkanes) is 1. The van der Waals surface area contributed by atoms with Gasteiger partial charge in [-0.15, -0.1) is 0 Å². The predicted octanol–water partition coefficient (Wildman–Crippen LogP) is 3.18. The molecule has 0 aliphatic rings. The molecule has 124 valence electrons. The molecule has 0 saturated heterocycles. The lowest BCUT2D eigenvalue weighted by atomic mass is 9.94. The van der Waals surface area contributed by atoms with Gasteiger partial charge in [0.1, 0.15) is 5.82 Å². The van der Waals surface area contributed by atoms with Crippen LogP contribution in [0.3, 0.4) is 0 Å². The Morgan fingerprint density at radius 2 is 2.17 bits per heavy atom. The Labute approximate surface area is 141 Å². The van der Waals surface area contributed by atoms with Gasteiger partial charge in [0.25, 0.3) is 0 Å². The van der Waals surface area contributed by atoms with Gasteiger partial charge in [0.05, 0.1) is 17.3 Å². The maximum absolute atomic E-state index is 11.3. The lowest BCUT2D eigenvalue weighted by Gasteiger charge is -2.32. The van der Waals surface area contributed by atoms with Crippen LogP contribution in [0, 0.1) is 0 Å². The SMILES string of the molecule is CCCC[C@](C)(CNC(C)=O)Nc1nc(Cl)nc2cnccc12. The summed E-state index contributed by atoms with van der Waals surface area (Å²) in [7, 11) is 0. The van der Waals surface area contributed by atoms with E-state index in [1.807, 2.05) is 6.07 Å². The molecule has 2 heterocycles. The summed E-state index contributed by atoms with van der Waals surface area (Å²) in [4.78, 5) is 23.9. The maximum atomic E-state index is 11.3. The number of nitrogens with zero attached hydrogens (tertiary/aromatic N) is 3. The zero-order valence-corrected chi connectivity index (χ0v) is 14.4. The summed E-state index contributed by atoms with van der Waals surface area (Å²) in [5.74, 6) is 0.607. The zero-order chi connectivity index (χ0) is 16.9. The third-order valence-electron chi connectivity index (χ3n) is 3.70. The minimum Gasteiger partial charge on any atom is -0.362 e. The van der Waals surface area contributed by atoms with Gasteiger partial charge in [-0.3, -0.25) is 9.78 Å². The largest absolute Gasteiger partial charge is 0.362 e. The molecule has 2 rings (SSSR count). The molecule has 0 saturated carbocycles. The van der Waals surface area contributed by atoms with Gasteiger partial charge in [-0.2, -0.15) is 0 Å². The number of hydrogen-bond donors (Lipinski definition) is 2. The van der Waals surface area contributed by atoms with Crippen LogP contribution in [-0.2, 0) is 4.79 Å². The Kier molecular flexibility index (Phi) is 5.71. The van der Waals surface area contributed by atoms with Crippen molar-refractivity contribution in [1.29, 1.82) is 0 Å². The lowest BCUT2D eigenvalue weighted by molar-refractivity contribution is -0.119. The Balaban J connectivity index is 2.33. The number of rotatable bonds is 7. The molecule has 0 spiro atoms. The van der Waals surface area contributed by atoms with E-state index in [4.69, 9.17) is 11.6 Å². The Bertz CT molecular complexity index is 693. The molecule has 0 aliphatic heterocycles. The van der Waals surface area contributed by atoms with Gasteiger partial charge in [0.2, 0.25) is 11.2 Å². The summed E-state index contributed by atoms with van der Waals surface area (Å²) < 4.78 is 0. The number of amides is 1. The van der Waals surface area contributed by atoms with E-state index in [2.05, 4.69) is 39.4 Å². The molecule has 6 nitrogen and oxygen atoms in total. The summed E-state index contributed by atoms with van der Waals surface area (Å²) in [5.41, 5.74) is 0.364. The minimum atomic E-state index is -0.324. The minimum absolute atomic E-state index is 0.0516. The molecule has 2 aromatic rings. The molecule has 1 atom stereocenters. The van der Waals surface area contributed by atoms with Crippen LogP contribution in [0.5, 0.6) is 0 Å². The summed E-state index contributed by atoms with van der Waals surface area (Å²) in [5, 5.41) is 7.37. The fraction of sp³-hybridized carbons (Fsp3) is 0.500. The van der Waals surface area contributed by atoms with Crippen molar-refractivity contribution in [3.05, 3.63) is 23.7 Å². The zero-order valence-electron chi connectivity index (χ0n) is 13.7. The molecule has 1 amide bonds. The van der Waals surface area contributed by atoms with E-state index < -0.39 is 0 Å². The van der Waals surface area contributed by atoms with Crippen molar-refractivity contribution < 1.29 is 4.79 Å². The number of carbonyl (C=O) groups excluding carboxylic acids is 1. The summed E-state index contributed by atoms with van der Waals surface area (Å²) in [6.45, 7) is 6.24. The molecular weight excluding hydrogens is 314 g/mol. The predicted molar refractivity (Wildman–Crippen MR) is 92.6 cm³/mol.